The molecule has 2 N–H and O–H groups in total. The van der Waals surface area contributed by atoms with Gasteiger partial charge in [0.05, 0.1) is 16.4 Å². The lowest BCUT2D eigenvalue weighted by Gasteiger charge is -2.36. The molecule has 1 atom stereocenters. The summed E-state index contributed by atoms with van der Waals surface area (Å²) in [5.41, 5.74) is 2.21. The molecule has 1 amide bonds. The number of aromatic nitrogens is 4. The first-order valence-corrected chi connectivity index (χ1v) is 13.8. The van der Waals surface area contributed by atoms with E-state index in [9.17, 15) is 9.00 Å². The number of ether oxygens (including phenoxy) is 1. The number of thiazole rings is 1. The van der Waals surface area contributed by atoms with Crippen molar-refractivity contribution in [2.45, 2.75) is 13.2 Å². The average molecular weight is 582 g/mol. The van der Waals surface area contributed by atoms with Crippen LogP contribution in [0.15, 0.2) is 42.6 Å². The Balaban J connectivity index is 1.12. The highest BCUT2D eigenvalue weighted by atomic mass is 35.5. The van der Waals surface area contributed by atoms with Gasteiger partial charge in [-0.15, -0.1) is 5.10 Å². The van der Waals surface area contributed by atoms with E-state index >= 15 is 0 Å². The second-order valence-corrected chi connectivity index (χ2v) is 10.8. The van der Waals surface area contributed by atoms with Crippen molar-refractivity contribution in [2.75, 3.05) is 35.8 Å². The highest BCUT2D eigenvalue weighted by Crippen LogP contribution is 2.30. The number of hydrogen-bond acceptors (Lipinski definition) is 8. The van der Waals surface area contributed by atoms with Gasteiger partial charge in [-0.1, -0.05) is 39.8 Å². The summed E-state index contributed by atoms with van der Waals surface area (Å²) < 4.78 is 30.3. The minimum Gasteiger partial charge on any atom is -0.487 e. The summed E-state index contributed by atoms with van der Waals surface area (Å²) >= 11 is 11.3. The van der Waals surface area contributed by atoms with Crippen LogP contribution in [-0.2, 0) is 29.2 Å². The number of carbonyl (C=O) groups is 1. The van der Waals surface area contributed by atoms with Gasteiger partial charge in [0.25, 0.3) is 11.3 Å². The topological polar surface area (TPSA) is 126 Å². The molecule has 15 heteroatoms. The Morgan fingerprint density at radius 1 is 1.14 bits per heavy atom. The van der Waals surface area contributed by atoms with Gasteiger partial charge in [0.1, 0.15) is 24.6 Å². The van der Waals surface area contributed by atoms with Crippen LogP contribution in [0.1, 0.15) is 5.69 Å². The average Bonchev–Trinajstić information content (AvgIpc) is 3.47. The quantitative estimate of drug-likeness (QED) is 0.302. The second kappa shape index (κ2) is 11.2. The molecule has 1 saturated heterocycles. The minimum absolute atomic E-state index is 0.0370. The van der Waals surface area contributed by atoms with Crippen LogP contribution in [0.5, 0.6) is 5.75 Å². The van der Waals surface area contributed by atoms with E-state index in [2.05, 4.69) is 24.9 Å². The molecule has 1 unspecified atom stereocenters. The lowest BCUT2D eigenvalue weighted by atomic mass is 10.2. The zero-order chi connectivity index (χ0) is 25.9. The Hall–Kier alpha value is -2.97. The summed E-state index contributed by atoms with van der Waals surface area (Å²) in [6.07, 6.45) is 1.69. The zero-order valence-electron chi connectivity index (χ0n) is 19.2. The molecule has 0 aliphatic carbocycles. The Morgan fingerprint density at radius 2 is 1.89 bits per heavy atom. The number of piperazine rings is 1. The predicted molar refractivity (Wildman–Crippen MR) is 144 cm³/mol. The number of nitrogens with one attached hydrogen (secondary N) is 1. The SMILES string of the molecule is O=C(Cn1cc(COc2ccc3nc(NS(=O)O)sc3c2)nn1)N1CCN(c2cc(Cl)cc(Cl)c2)CC1. The van der Waals surface area contributed by atoms with Gasteiger partial charge < -0.3 is 14.5 Å². The molecule has 2 aromatic carbocycles. The summed E-state index contributed by atoms with van der Waals surface area (Å²) in [5.74, 6) is 0.558. The molecule has 1 fully saturated rings. The van der Waals surface area contributed by atoms with E-state index in [1.165, 1.54) is 16.0 Å². The van der Waals surface area contributed by atoms with Gasteiger partial charge in [-0.25, -0.2) is 13.9 Å². The van der Waals surface area contributed by atoms with Crippen LogP contribution >= 0.6 is 34.5 Å². The lowest BCUT2D eigenvalue weighted by Crippen LogP contribution is -2.49. The van der Waals surface area contributed by atoms with Crippen LogP contribution in [0.4, 0.5) is 10.8 Å². The number of hydrogen-bond donors (Lipinski definition) is 2. The second-order valence-electron chi connectivity index (χ2n) is 8.19. The van der Waals surface area contributed by atoms with Crippen molar-refractivity contribution in [1.29, 1.82) is 0 Å². The largest absolute Gasteiger partial charge is 0.487 e. The minimum atomic E-state index is -2.18. The molecule has 4 aromatic rings. The molecule has 11 nitrogen and oxygen atoms in total. The van der Waals surface area contributed by atoms with E-state index in [1.807, 2.05) is 12.1 Å². The first-order chi connectivity index (χ1) is 17.8. The van der Waals surface area contributed by atoms with Gasteiger partial charge >= 0.3 is 0 Å². The molecular formula is C22H21Cl2N7O4S2. The maximum atomic E-state index is 12.8. The van der Waals surface area contributed by atoms with Crippen LogP contribution in [-0.4, -0.2) is 65.7 Å². The number of anilines is 2. The molecule has 1 aliphatic heterocycles. The van der Waals surface area contributed by atoms with Gasteiger partial charge in [0.2, 0.25) is 5.91 Å². The number of fused-ring (bicyclic) bond motifs is 1. The smallest absolute Gasteiger partial charge is 0.260 e. The molecular weight excluding hydrogens is 561 g/mol. The third-order valence-corrected chi connectivity index (χ3v) is 7.52. The monoisotopic (exact) mass is 581 g/mol. The van der Waals surface area contributed by atoms with Crippen LogP contribution in [0, 0.1) is 0 Å². The molecule has 37 heavy (non-hydrogen) atoms. The Morgan fingerprint density at radius 3 is 2.62 bits per heavy atom. The summed E-state index contributed by atoms with van der Waals surface area (Å²) in [5, 5.41) is 9.66. The van der Waals surface area contributed by atoms with Gasteiger partial charge in [-0.3, -0.25) is 14.1 Å². The summed E-state index contributed by atoms with van der Waals surface area (Å²) in [4.78, 5) is 21.0. The van der Waals surface area contributed by atoms with Crippen molar-refractivity contribution < 1.29 is 18.3 Å². The molecule has 194 valence electrons. The molecule has 2 aromatic heterocycles. The fourth-order valence-corrected chi connectivity index (χ4v) is 5.76. The van der Waals surface area contributed by atoms with Crippen molar-refractivity contribution in [3.8, 4) is 5.75 Å². The van der Waals surface area contributed by atoms with Gasteiger partial charge in [0.15, 0.2) is 5.13 Å². The van der Waals surface area contributed by atoms with E-state index < -0.39 is 11.3 Å². The Labute approximate surface area is 228 Å². The molecule has 0 saturated carbocycles. The molecule has 5 rings (SSSR count). The number of amides is 1. The summed E-state index contributed by atoms with van der Waals surface area (Å²) in [6.45, 7) is 2.78. The van der Waals surface area contributed by atoms with Crippen molar-refractivity contribution in [3.63, 3.8) is 0 Å². The van der Waals surface area contributed by atoms with Gasteiger partial charge in [-0.05, 0) is 36.4 Å². The van der Waals surface area contributed by atoms with Crippen LogP contribution in [0.2, 0.25) is 10.0 Å². The van der Waals surface area contributed by atoms with Crippen molar-refractivity contribution in [2.24, 2.45) is 0 Å². The van der Waals surface area contributed by atoms with E-state index in [-0.39, 0.29) is 19.1 Å². The van der Waals surface area contributed by atoms with Gasteiger partial charge in [0, 0.05) is 41.9 Å². The highest BCUT2D eigenvalue weighted by Gasteiger charge is 2.22. The number of rotatable bonds is 8. The molecule has 0 radical (unpaired) electrons. The van der Waals surface area contributed by atoms with Crippen molar-refractivity contribution in [3.05, 3.63) is 58.3 Å². The van der Waals surface area contributed by atoms with Crippen LogP contribution in [0.25, 0.3) is 10.2 Å². The number of benzene rings is 2. The zero-order valence-corrected chi connectivity index (χ0v) is 22.4. The predicted octanol–water partition coefficient (Wildman–Crippen LogP) is 3.67. The fraction of sp³-hybridized carbons (Fsp3) is 0.273. The number of nitrogens with zero attached hydrogens (tertiary/aromatic N) is 6. The number of halogens is 2. The molecule has 1 aliphatic rings. The first kappa shape index (κ1) is 25.7. The molecule has 0 bridgehead atoms. The van der Waals surface area contributed by atoms with E-state index in [1.54, 1.807) is 35.4 Å². The Kier molecular flexibility index (Phi) is 7.76. The fourth-order valence-electron chi connectivity index (χ4n) is 3.93. The van der Waals surface area contributed by atoms with E-state index in [0.29, 0.717) is 58.3 Å². The maximum Gasteiger partial charge on any atom is 0.260 e. The molecule has 0 spiro atoms. The number of carbonyl (C=O) groups excluding carboxylic acids is 1. The summed E-state index contributed by atoms with van der Waals surface area (Å²) in [6, 6.07) is 10.8. The van der Waals surface area contributed by atoms with Gasteiger partial charge in [-0.2, -0.15) is 0 Å². The standard InChI is InChI=1S/C22H21Cl2N7O4S2/c23-14-7-15(24)9-17(8-14)29-3-5-30(6-4-29)21(32)12-31-11-16(26-28-31)13-35-18-1-2-19-20(10-18)36-22(25-19)27-37(33)34/h1-2,7-11H,3-6,12-13H2,(H,25,27)(H,33,34). The maximum absolute atomic E-state index is 12.8. The van der Waals surface area contributed by atoms with E-state index in [4.69, 9.17) is 32.5 Å². The highest BCUT2D eigenvalue weighted by molar-refractivity contribution is 7.80. The third kappa shape index (κ3) is 6.48. The lowest BCUT2D eigenvalue weighted by molar-refractivity contribution is -0.132. The van der Waals surface area contributed by atoms with Crippen molar-refractivity contribution in [1.82, 2.24) is 24.9 Å². The van der Waals surface area contributed by atoms with Crippen LogP contribution in [0.3, 0.4) is 0 Å². The molecule has 3 heterocycles. The van der Waals surface area contributed by atoms with Crippen molar-refractivity contribution >= 4 is 72.7 Å². The summed E-state index contributed by atoms with van der Waals surface area (Å²) in [7, 11) is 0. The third-order valence-electron chi connectivity index (χ3n) is 5.65. The Bertz CT molecular complexity index is 1440. The van der Waals surface area contributed by atoms with E-state index in [0.717, 1.165) is 10.4 Å². The first-order valence-electron chi connectivity index (χ1n) is 11.1. The van der Waals surface area contributed by atoms with Crippen LogP contribution < -0.4 is 14.4 Å². The normalized spacial score (nSPS) is 14.7.